The summed E-state index contributed by atoms with van der Waals surface area (Å²) < 4.78 is 10.8. The van der Waals surface area contributed by atoms with E-state index in [4.69, 9.17) is 14.6 Å². The lowest BCUT2D eigenvalue weighted by atomic mass is 9.96. The van der Waals surface area contributed by atoms with E-state index < -0.39 is 5.92 Å². The topological polar surface area (TPSA) is 55.8 Å². The van der Waals surface area contributed by atoms with Crippen molar-refractivity contribution in [3.63, 3.8) is 0 Å². The second kappa shape index (κ2) is 7.80. The zero-order valence-corrected chi connectivity index (χ0v) is 13.0. The van der Waals surface area contributed by atoms with E-state index in [1.54, 1.807) is 7.11 Å². The number of aliphatic hydroxyl groups is 1. The summed E-state index contributed by atoms with van der Waals surface area (Å²) in [4.78, 5) is 12.2. The lowest BCUT2D eigenvalue weighted by molar-refractivity contribution is -0.145. The van der Waals surface area contributed by atoms with Crippen LogP contribution in [0.15, 0.2) is 36.4 Å². The maximum absolute atomic E-state index is 12.2. The molecule has 118 valence electrons. The summed E-state index contributed by atoms with van der Waals surface area (Å²) in [5.41, 5.74) is 0.827. The molecule has 0 aliphatic rings. The van der Waals surface area contributed by atoms with Crippen molar-refractivity contribution in [3.8, 4) is 5.75 Å². The second-order valence-corrected chi connectivity index (χ2v) is 5.23. The van der Waals surface area contributed by atoms with Crippen LogP contribution < -0.4 is 4.74 Å². The third-order valence-electron chi connectivity index (χ3n) is 3.73. The lowest BCUT2D eigenvalue weighted by Gasteiger charge is -2.17. The molecule has 22 heavy (non-hydrogen) atoms. The minimum absolute atomic E-state index is 0.117. The fourth-order valence-corrected chi connectivity index (χ4v) is 2.47. The van der Waals surface area contributed by atoms with Gasteiger partial charge in [0, 0.05) is 17.6 Å². The molecule has 0 aliphatic carbocycles. The third-order valence-corrected chi connectivity index (χ3v) is 3.73. The van der Waals surface area contributed by atoms with Crippen molar-refractivity contribution in [3.05, 3.63) is 42.0 Å². The Bertz CT molecular complexity index is 636. The molecule has 4 heteroatoms. The van der Waals surface area contributed by atoms with Crippen LogP contribution in [0, 0.1) is 0 Å². The number of rotatable bonds is 7. The highest BCUT2D eigenvalue weighted by molar-refractivity contribution is 5.92. The van der Waals surface area contributed by atoms with E-state index in [0.29, 0.717) is 19.4 Å². The van der Waals surface area contributed by atoms with Crippen LogP contribution in [-0.4, -0.2) is 31.4 Å². The van der Waals surface area contributed by atoms with Crippen LogP contribution in [0.1, 0.15) is 31.2 Å². The molecule has 0 fully saturated rings. The minimum atomic E-state index is -0.395. The van der Waals surface area contributed by atoms with Crippen molar-refractivity contribution in [1.29, 1.82) is 0 Å². The minimum Gasteiger partial charge on any atom is -0.496 e. The molecule has 0 unspecified atom stereocenters. The smallest absolute Gasteiger partial charge is 0.313 e. The van der Waals surface area contributed by atoms with Gasteiger partial charge in [0.25, 0.3) is 0 Å². The normalized spacial score (nSPS) is 12.1. The number of methoxy groups -OCH3 is 1. The number of esters is 1. The number of hydrogen-bond acceptors (Lipinski definition) is 4. The van der Waals surface area contributed by atoms with Gasteiger partial charge >= 0.3 is 5.97 Å². The number of unbranched alkanes of at least 4 members (excludes halogenated alkanes) is 1. The predicted octanol–water partition coefficient (Wildman–Crippen LogP) is 3.27. The van der Waals surface area contributed by atoms with E-state index in [9.17, 15) is 4.79 Å². The van der Waals surface area contributed by atoms with E-state index in [1.807, 2.05) is 43.3 Å². The molecule has 0 aromatic heterocycles. The van der Waals surface area contributed by atoms with E-state index in [-0.39, 0.29) is 12.6 Å². The predicted molar refractivity (Wildman–Crippen MR) is 86.2 cm³/mol. The molecule has 0 heterocycles. The van der Waals surface area contributed by atoms with Gasteiger partial charge in [-0.05, 0) is 25.2 Å². The van der Waals surface area contributed by atoms with Crippen molar-refractivity contribution in [2.45, 2.75) is 25.7 Å². The summed E-state index contributed by atoms with van der Waals surface area (Å²) in [5.74, 6) is 0.0538. The summed E-state index contributed by atoms with van der Waals surface area (Å²) in [6.45, 7) is 2.27. The van der Waals surface area contributed by atoms with Crippen molar-refractivity contribution >= 4 is 16.7 Å². The average Bonchev–Trinajstić information content (AvgIpc) is 2.56. The highest BCUT2D eigenvalue weighted by Gasteiger charge is 2.21. The van der Waals surface area contributed by atoms with Gasteiger partial charge in [0.05, 0.1) is 19.6 Å². The van der Waals surface area contributed by atoms with Gasteiger partial charge in [0.15, 0.2) is 0 Å². The number of aliphatic hydroxyl groups excluding tert-OH is 1. The number of carbonyl (C=O) groups excluding carboxylic acids is 1. The highest BCUT2D eigenvalue weighted by atomic mass is 16.5. The van der Waals surface area contributed by atoms with Crippen LogP contribution in [0.2, 0.25) is 0 Å². The van der Waals surface area contributed by atoms with E-state index >= 15 is 0 Å². The molecule has 4 nitrogen and oxygen atoms in total. The van der Waals surface area contributed by atoms with Crippen molar-refractivity contribution < 1.29 is 19.4 Å². The highest BCUT2D eigenvalue weighted by Crippen LogP contribution is 2.34. The first-order valence-electron chi connectivity index (χ1n) is 7.52. The number of benzene rings is 2. The Morgan fingerprint density at radius 2 is 1.95 bits per heavy atom. The fourth-order valence-electron chi connectivity index (χ4n) is 2.47. The molecule has 1 atom stereocenters. The van der Waals surface area contributed by atoms with Gasteiger partial charge in [-0.25, -0.2) is 0 Å². The van der Waals surface area contributed by atoms with Gasteiger partial charge in [0.2, 0.25) is 0 Å². The van der Waals surface area contributed by atoms with Gasteiger partial charge in [-0.2, -0.15) is 0 Å². The number of carbonyl (C=O) groups is 1. The molecule has 1 N–H and O–H groups in total. The van der Waals surface area contributed by atoms with Gasteiger partial charge in [-0.15, -0.1) is 0 Å². The Hall–Kier alpha value is -2.07. The molecule has 2 aromatic rings. The van der Waals surface area contributed by atoms with Crippen molar-refractivity contribution in [2.24, 2.45) is 0 Å². The first kappa shape index (κ1) is 16.3. The average molecular weight is 302 g/mol. The molecule has 0 bridgehead atoms. The quantitative estimate of drug-likeness (QED) is 0.630. The zero-order valence-electron chi connectivity index (χ0n) is 13.0. The molecule has 0 saturated heterocycles. The summed E-state index contributed by atoms with van der Waals surface area (Å²) in [7, 11) is 1.62. The number of ether oxygens (including phenoxy) is 2. The molecule has 0 radical (unpaired) electrons. The summed E-state index contributed by atoms with van der Waals surface area (Å²) >= 11 is 0. The van der Waals surface area contributed by atoms with E-state index in [1.165, 1.54) is 0 Å². The molecular formula is C18H22O4. The Balaban J connectivity index is 2.20. The van der Waals surface area contributed by atoms with Crippen LogP contribution in [0.3, 0.4) is 0 Å². The van der Waals surface area contributed by atoms with Crippen LogP contribution in [0.25, 0.3) is 10.8 Å². The monoisotopic (exact) mass is 302 g/mol. The first-order chi connectivity index (χ1) is 10.7. The Morgan fingerprint density at radius 3 is 2.68 bits per heavy atom. The van der Waals surface area contributed by atoms with Crippen molar-refractivity contribution in [2.75, 3.05) is 20.3 Å². The largest absolute Gasteiger partial charge is 0.496 e. The fraction of sp³-hybridized carbons (Fsp3) is 0.389. The maximum atomic E-state index is 12.2. The van der Waals surface area contributed by atoms with Gasteiger partial charge in [-0.1, -0.05) is 36.4 Å². The van der Waals surface area contributed by atoms with Crippen LogP contribution in [0.4, 0.5) is 0 Å². The van der Waals surface area contributed by atoms with Gasteiger partial charge in [-0.3, -0.25) is 4.79 Å². The SMILES string of the molecule is COc1c([C@H](C)C(=O)OCCCCO)ccc2ccccc12. The molecule has 2 aromatic carbocycles. The summed E-state index contributed by atoms with van der Waals surface area (Å²) in [6.07, 6.45) is 1.31. The first-order valence-corrected chi connectivity index (χ1v) is 7.52. The summed E-state index contributed by atoms with van der Waals surface area (Å²) in [5, 5.41) is 10.8. The Kier molecular flexibility index (Phi) is 5.78. The van der Waals surface area contributed by atoms with Crippen LogP contribution in [0.5, 0.6) is 5.75 Å². The van der Waals surface area contributed by atoms with Gasteiger partial charge < -0.3 is 14.6 Å². The molecule has 0 aliphatic heterocycles. The molecular weight excluding hydrogens is 280 g/mol. The molecule has 0 saturated carbocycles. The van der Waals surface area contributed by atoms with E-state index in [0.717, 1.165) is 22.1 Å². The van der Waals surface area contributed by atoms with Gasteiger partial charge in [0.1, 0.15) is 5.75 Å². The number of hydrogen-bond donors (Lipinski definition) is 1. The maximum Gasteiger partial charge on any atom is 0.313 e. The van der Waals surface area contributed by atoms with E-state index in [2.05, 4.69) is 0 Å². The second-order valence-electron chi connectivity index (χ2n) is 5.23. The standard InChI is InChI=1S/C18H22O4/c1-13(18(20)22-12-6-5-11-19)15-10-9-14-7-3-4-8-16(14)17(15)21-2/h3-4,7-10,13,19H,5-6,11-12H2,1-2H3/t13-/m0/s1. The zero-order chi connectivity index (χ0) is 15.9. The van der Waals surface area contributed by atoms with Crippen molar-refractivity contribution in [1.82, 2.24) is 0 Å². The lowest BCUT2D eigenvalue weighted by Crippen LogP contribution is -2.15. The Labute approximate surface area is 130 Å². The summed E-state index contributed by atoms with van der Waals surface area (Å²) in [6, 6.07) is 11.8. The Morgan fingerprint density at radius 1 is 1.18 bits per heavy atom. The third kappa shape index (κ3) is 3.57. The molecule has 0 spiro atoms. The van der Waals surface area contributed by atoms with Crippen LogP contribution >= 0.6 is 0 Å². The molecule has 0 amide bonds. The molecule has 2 rings (SSSR count). The van der Waals surface area contributed by atoms with Crippen LogP contribution in [-0.2, 0) is 9.53 Å². The number of fused-ring (bicyclic) bond motifs is 1.